The highest BCUT2D eigenvalue weighted by molar-refractivity contribution is 5.93. The number of benzene rings is 2. The van der Waals surface area contributed by atoms with Crippen LogP contribution < -0.4 is 11.1 Å². The summed E-state index contributed by atoms with van der Waals surface area (Å²) in [7, 11) is 0. The third kappa shape index (κ3) is 4.18. The van der Waals surface area contributed by atoms with Crippen molar-refractivity contribution in [3.05, 3.63) is 77.5 Å². The Morgan fingerprint density at radius 3 is 2.65 bits per heavy atom. The first kappa shape index (κ1) is 20.0. The number of nitrogen functional groups attached to an aromatic ring is 1. The molecule has 8 nitrogen and oxygen atoms in total. The Kier molecular flexibility index (Phi) is 5.53. The van der Waals surface area contributed by atoms with Crippen molar-refractivity contribution in [3.63, 3.8) is 0 Å². The van der Waals surface area contributed by atoms with Crippen molar-refractivity contribution in [2.45, 2.75) is 12.8 Å². The molecule has 154 valence electrons. The summed E-state index contributed by atoms with van der Waals surface area (Å²) in [5, 5.41) is 16.7. The number of nitriles is 1. The molecule has 0 bridgehead atoms. The number of fused-ring (bicyclic) bond motifs is 1. The van der Waals surface area contributed by atoms with E-state index in [9.17, 15) is 14.4 Å². The van der Waals surface area contributed by atoms with E-state index in [1.807, 2.05) is 18.2 Å². The lowest BCUT2D eigenvalue weighted by molar-refractivity contribution is 0.0948. The Bertz CT molecular complexity index is 1290. The van der Waals surface area contributed by atoms with Crippen molar-refractivity contribution >= 4 is 22.8 Å². The monoisotopic (exact) mass is 415 g/mol. The van der Waals surface area contributed by atoms with Crippen molar-refractivity contribution in [3.8, 4) is 11.8 Å². The van der Waals surface area contributed by atoms with Crippen molar-refractivity contribution < 1.29 is 9.18 Å². The lowest BCUT2D eigenvalue weighted by Crippen LogP contribution is -2.26. The molecule has 0 radical (unpaired) electrons. The first-order valence-electron chi connectivity index (χ1n) is 9.60. The van der Waals surface area contributed by atoms with Crippen LogP contribution in [0.25, 0.3) is 16.7 Å². The fourth-order valence-electron chi connectivity index (χ4n) is 3.17. The maximum atomic E-state index is 13.2. The molecule has 4 rings (SSSR count). The molecule has 0 saturated carbocycles. The zero-order valence-corrected chi connectivity index (χ0v) is 16.4. The minimum absolute atomic E-state index is 0.194. The van der Waals surface area contributed by atoms with Crippen LogP contribution >= 0.6 is 0 Å². The van der Waals surface area contributed by atoms with Crippen LogP contribution in [0, 0.1) is 17.1 Å². The maximum Gasteiger partial charge on any atom is 0.271 e. The third-order valence-corrected chi connectivity index (χ3v) is 4.73. The van der Waals surface area contributed by atoms with E-state index in [4.69, 9.17) is 5.73 Å². The minimum Gasteiger partial charge on any atom is -0.382 e. The Hall–Kier alpha value is -4.32. The van der Waals surface area contributed by atoms with Crippen LogP contribution in [0.15, 0.2) is 54.7 Å². The summed E-state index contributed by atoms with van der Waals surface area (Å²) in [6, 6.07) is 15.1. The van der Waals surface area contributed by atoms with Gasteiger partial charge in [0.15, 0.2) is 0 Å². The molecular weight excluding hydrogens is 397 g/mol. The number of aromatic nitrogens is 4. The molecule has 2 aromatic carbocycles. The Labute approximate surface area is 177 Å². The second-order valence-electron chi connectivity index (χ2n) is 6.81. The van der Waals surface area contributed by atoms with Gasteiger partial charge in [-0.3, -0.25) is 9.78 Å². The van der Waals surface area contributed by atoms with Crippen LogP contribution in [0.4, 0.5) is 10.2 Å². The van der Waals surface area contributed by atoms with Gasteiger partial charge in [-0.15, -0.1) is 0 Å². The number of hydrogen-bond donors (Lipinski definition) is 2. The number of carbonyl (C=O) groups is 1. The second kappa shape index (κ2) is 8.59. The molecule has 0 saturated heterocycles. The van der Waals surface area contributed by atoms with Crippen molar-refractivity contribution in [1.82, 2.24) is 25.1 Å². The Morgan fingerprint density at radius 1 is 1.16 bits per heavy atom. The molecule has 0 aliphatic heterocycles. The number of nitrogens with two attached hydrogens (primary N) is 1. The summed E-state index contributed by atoms with van der Waals surface area (Å²) >= 11 is 0. The zero-order chi connectivity index (χ0) is 21.8. The molecule has 1 amide bonds. The summed E-state index contributed by atoms with van der Waals surface area (Å²) in [6.07, 6.45) is 2.42. The summed E-state index contributed by atoms with van der Waals surface area (Å²) in [5.74, 6) is -0.503. The van der Waals surface area contributed by atoms with Crippen LogP contribution in [-0.4, -0.2) is 32.2 Å². The zero-order valence-electron chi connectivity index (χ0n) is 16.4. The molecule has 0 unspecified atom stereocenters. The topological polar surface area (TPSA) is 123 Å². The number of para-hydroxylation sites is 2. The number of nitrogens with one attached hydrogen (secondary N) is 1. The minimum atomic E-state index is -0.373. The highest BCUT2D eigenvalue weighted by Crippen LogP contribution is 2.21. The number of amides is 1. The fourth-order valence-corrected chi connectivity index (χ4v) is 3.17. The number of nitrogens with zero attached hydrogens (tertiary/aromatic N) is 5. The van der Waals surface area contributed by atoms with Gasteiger partial charge in [-0.25, -0.2) is 14.1 Å². The molecule has 31 heavy (non-hydrogen) atoms. The standard InChI is InChI=1S/C22H18FN7O/c23-14-7-9-15(10-8-14)30-21(25)16(12-24)17(29-30)6-3-11-26-22(31)20-13-27-18-4-1-2-5-19(18)28-20/h1-2,4-5,7-10,13H,3,6,11,25H2,(H,26,31). The molecule has 9 heteroatoms. The van der Waals surface area contributed by atoms with Crippen LogP contribution in [-0.2, 0) is 6.42 Å². The van der Waals surface area contributed by atoms with E-state index in [0.29, 0.717) is 36.3 Å². The molecule has 2 heterocycles. The number of anilines is 1. The van der Waals surface area contributed by atoms with Crippen molar-refractivity contribution in [2.24, 2.45) is 0 Å². The lowest BCUT2D eigenvalue weighted by Gasteiger charge is -2.05. The normalized spacial score (nSPS) is 10.7. The van der Waals surface area contributed by atoms with E-state index in [1.165, 1.54) is 35.1 Å². The molecule has 0 aliphatic rings. The molecule has 2 aromatic heterocycles. The molecule has 0 spiro atoms. The highest BCUT2D eigenvalue weighted by atomic mass is 19.1. The molecule has 4 aromatic rings. The van der Waals surface area contributed by atoms with Gasteiger partial charge in [0.1, 0.15) is 29.0 Å². The highest BCUT2D eigenvalue weighted by Gasteiger charge is 2.16. The summed E-state index contributed by atoms with van der Waals surface area (Å²) < 4.78 is 14.6. The average molecular weight is 415 g/mol. The van der Waals surface area contributed by atoms with E-state index in [1.54, 1.807) is 6.07 Å². The summed E-state index contributed by atoms with van der Waals surface area (Å²) in [6.45, 7) is 0.363. The smallest absolute Gasteiger partial charge is 0.271 e. The van der Waals surface area contributed by atoms with E-state index in [0.717, 1.165) is 5.52 Å². The van der Waals surface area contributed by atoms with Crippen LogP contribution in [0.1, 0.15) is 28.2 Å². The number of rotatable bonds is 6. The molecule has 0 atom stereocenters. The average Bonchev–Trinajstić information content (AvgIpc) is 3.11. The van der Waals surface area contributed by atoms with Gasteiger partial charge in [0.2, 0.25) is 0 Å². The van der Waals surface area contributed by atoms with Crippen LogP contribution in [0.2, 0.25) is 0 Å². The molecule has 3 N–H and O–H groups in total. The van der Waals surface area contributed by atoms with E-state index < -0.39 is 0 Å². The molecule has 0 aliphatic carbocycles. The van der Waals surface area contributed by atoms with Gasteiger partial charge in [-0.2, -0.15) is 10.4 Å². The largest absolute Gasteiger partial charge is 0.382 e. The van der Waals surface area contributed by atoms with E-state index >= 15 is 0 Å². The van der Waals surface area contributed by atoms with Crippen molar-refractivity contribution in [1.29, 1.82) is 5.26 Å². The van der Waals surface area contributed by atoms with Gasteiger partial charge in [-0.05, 0) is 49.2 Å². The van der Waals surface area contributed by atoms with Crippen LogP contribution in [0.3, 0.4) is 0 Å². The fraction of sp³-hybridized carbons (Fsp3) is 0.136. The van der Waals surface area contributed by atoms with E-state index in [-0.39, 0.29) is 28.8 Å². The Balaban J connectivity index is 1.40. The van der Waals surface area contributed by atoms with Crippen LogP contribution in [0.5, 0.6) is 0 Å². The predicted octanol–water partition coefficient (Wildman–Crippen LogP) is 2.77. The quantitative estimate of drug-likeness (QED) is 0.467. The Morgan fingerprint density at radius 2 is 1.90 bits per heavy atom. The third-order valence-electron chi connectivity index (χ3n) is 4.73. The molecular formula is C22H18FN7O. The molecule has 0 fully saturated rings. The second-order valence-corrected chi connectivity index (χ2v) is 6.81. The summed E-state index contributed by atoms with van der Waals surface area (Å²) in [5.41, 5.74) is 9.02. The van der Waals surface area contributed by atoms with E-state index in [2.05, 4.69) is 26.5 Å². The lowest BCUT2D eigenvalue weighted by atomic mass is 10.1. The maximum absolute atomic E-state index is 13.2. The first-order valence-corrected chi connectivity index (χ1v) is 9.60. The SMILES string of the molecule is N#Cc1c(CCCNC(=O)c2cnc3ccccc3n2)nn(-c2ccc(F)cc2)c1N. The van der Waals surface area contributed by atoms with Crippen molar-refractivity contribution in [2.75, 3.05) is 12.3 Å². The van der Waals surface area contributed by atoms with Gasteiger partial charge >= 0.3 is 0 Å². The predicted molar refractivity (Wildman–Crippen MR) is 113 cm³/mol. The van der Waals surface area contributed by atoms with Gasteiger partial charge in [-0.1, -0.05) is 12.1 Å². The number of hydrogen-bond acceptors (Lipinski definition) is 6. The van der Waals surface area contributed by atoms with Gasteiger partial charge in [0.25, 0.3) is 5.91 Å². The van der Waals surface area contributed by atoms with Gasteiger partial charge < -0.3 is 11.1 Å². The van der Waals surface area contributed by atoms with Gasteiger partial charge in [0, 0.05) is 6.54 Å². The van der Waals surface area contributed by atoms with Gasteiger partial charge in [0.05, 0.1) is 28.6 Å². The number of carbonyl (C=O) groups excluding carboxylic acids is 1. The summed E-state index contributed by atoms with van der Waals surface area (Å²) in [4.78, 5) is 20.9. The number of halogens is 1. The first-order chi connectivity index (χ1) is 15.1. The number of aryl methyl sites for hydroxylation is 1.